The number of anilines is 3. The number of hydrogen-bond acceptors (Lipinski definition) is 7. The van der Waals surface area contributed by atoms with Gasteiger partial charge in [0.25, 0.3) is 0 Å². The van der Waals surface area contributed by atoms with Crippen LogP contribution in [0.5, 0.6) is 0 Å². The van der Waals surface area contributed by atoms with Crippen LogP contribution < -0.4 is 20.9 Å². The summed E-state index contributed by atoms with van der Waals surface area (Å²) in [7, 11) is 5.40. The molecule has 0 fully saturated rings. The molecule has 1 heterocycles. The molecule has 3 N–H and O–H groups in total. The van der Waals surface area contributed by atoms with Crippen LogP contribution in [-0.4, -0.2) is 54.1 Å². The molecule has 112 valence electrons. The topological polar surface area (TPSA) is 95.1 Å². The van der Waals surface area contributed by atoms with Gasteiger partial charge < -0.3 is 20.9 Å². The number of nitrogens with one attached hydrogen (secondary N) is 3. The Bertz CT molecular complexity index is 467. The van der Waals surface area contributed by atoms with Gasteiger partial charge in [-0.2, -0.15) is 15.0 Å². The molecular weight excluding hydrogens is 258 g/mol. The molecular formula is C12H23N7O. The maximum atomic E-state index is 11.7. The van der Waals surface area contributed by atoms with Crippen LogP contribution in [0.2, 0.25) is 0 Å². The molecule has 0 saturated heterocycles. The van der Waals surface area contributed by atoms with Crippen molar-refractivity contribution in [2.75, 3.05) is 43.2 Å². The van der Waals surface area contributed by atoms with Crippen molar-refractivity contribution in [3.8, 4) is 0 Å². The van der Waals surface area contributed by atoms with Crippen LogP contribution in [0.15, 0.2) is 0 Å². The summed E-state index contributed by atoms with van der Waals surface area (Å²) in [5.41, 5.74) is -0.261. The summed E-state index contributed by atoms with van der Waals surface area (Å²) in [5, 5.41) is 8.61. The second-order valence-electron chi connectivity index (χ2n) is 5.58. The van der Waals surface area contributed by atoms with Crippen LogP contribution in [0, 0.1) is 0 Å². The van der Waals surface area contributed by atoms with Gasteiger partial charge in [0.1, 0.15) is 0 Å². The maximum absolute atomic E-state index is 11.7. The zero-order valence-electron chi connectivity index (χ0n) is 12.9. The van der Waals surface area contributed by atoms with E-state index in [0.717, 1.165) is 0 Å². The maximum Gasteiger partial charge on any atom is 0.239 e. The highest BCUT2D eigenvalue weighted by Crippen LogP contribution is 2.10. The molecule has 0 unspecified atom stereocenters. The highest BCUT2D eigenvalue weighted by atomic mass is 16.2. The summed E-state index contributed by atoms with van der Waals surface area (Å²) < 4.78 is 0. The van der Waals surface area contributed by atoms with Crippen LogP contribution in [0.1, 0.15) is 20.8 Å². The van der Waals surface area contributed by atoms with Crippen LogP contribution in [0.25, 0.3) is 0 Å². The molecule has 1 aromatic rings. The number of carbonyl (C=O) groups is 1. The molecule has 1 rings (SSSR count). The van der Waals surface area contributed by atoms with E-state index in [1.54, 1.807) is 11.9 Å². The van der Waals surface area contributed by atoms with Gasteiger partial charge in [0.2, 0.25) is 23.8 Å². The van der Waals surface area contributed by atoms with Gasteiger partial charge in [0.15, 0.2) is 0 Å². The first-order valence-electron chi connectivity index (χ1n) is 6.37. The lowest BCUT2D eigenvalue weighted by Crippen LogP contribution is -2.43. The molecule has 0 atom stereocenters. The average Bonchev–Trinajstić information content (AvgIpc) is 2.33. The molecule has 20 heavy (non-hydrogen) atoms. The molecule has 1 aromatic heterocycles. The van der Waals surface area contributed by atoms with Crippen molar-refractivity contribution in [3.63, 3.8) is 0 Å². The summed E-state index contributed by atoms with van der Waals surface area (Å²) >= 11 is 0. The Hall–Kier alpha value is -2.12. The van der Waals surface area contributed by atoms with Crippen LogP contribution in [-0.2, 0) is 4.79 Å². The smallest absolute Gasteiger partial charge is 0.239 e. The van der Waals surface area contributed by atoms with E-state index in [2.05, 4.69) is 30.9 Å². The van der Waals surface area contributed by atoms with Gasteiger partial charge in [-0.25, -0.2) is 0 Å². The fourth-order valence-electron chi connectivity index (χ4n) is 1.38. The quantitative estimate of drug-likeness (QED) is 0.714. The molecule has 0 aliphatic carbocycles. The van der Waals surface area contributed by atoms with E-state index in [4.69, 9.17) is 0 Å². The van der Waals surface area contributed by atoms with E-state index in [9.17, 15) is 4.79 Å². The Morgan fingerprint density at radius 2 is 1.75 bits per heavy atom. The van der Waals surface area contributed by atoms with Crippen LogP contribution >= 0.6 is 0 Å². The van der Waals surface area contributed by atoms with E-state index in [1.165, 1.54) is 0 Å². The lowest BCUT2D eigenvalue weighted by atomic mass is 10.1. The Morgan fingerprint density at radius 3 is 2.25 bits per heavy atom. The lowest BCUT2D eigenvalue weighted by molar-refractivity contribution is -0.120. The summed E-state index contributed by atoms with van der Waals surface area (Å²) in [5.74, 6) is 1.21. The van der Waals surface area contributed by atoms with Gasteiger partial charge in [0.05, 0.1) is 6.54 Å². The lowest BCUT2D eigenvalue weighted by Gasteiger charge is -2.20. The van der Waals surface area contributed by atoms with Gasteiger partial charge in [0, 0.05) is 26.7 Å². The Balaban J connectivity index is 2.72. The molecule has 8 heteroatoms. The van der Waals surface area contributed by atoms with Gasteiger partial charge >= 0.3 is 0 Å². The van der Waals surface area contributed by atoms with Crippen molar-refractivity contribution in [1.29, 1.82) is 0 Å². The van der Waals surface area contributed by atoms with E-state index in [0.29, 0.717) is 17.8 Å². The van der Waals surface area contributed by atoms with Crippen LogP contribution in [0.4, 0.5) is 17.8 Å². The molecule has 1 amide bonds. The third-order valence-corrected chi connectivity index (χ3v) is 2.17. The van der Waals surface area contributed by atoms with Gasteiger partial charge in [-0.1, -0.05) is 0 Å². The molecule has 0 aliphatic heterocycles. The minimum atomic E-state index is -0.261. The monoisotopic (exact) mass is 281 g/mol. The fraction of sp³-hybridized carbons (Fsp3) is 0.667. The molecule has 0 aromatic carbocycles. The minimum absolute atomic E-state index is 0.108. The van der Waals surface area contributed by atoms with E-state index in [1.807, 2.05) is 34.9 Å². The SMILES string of the molecule is CNc1nc(NCC(=O)NC(C)(C)C)nc(N(C)C)n1. The normalized spacial score (nSPS) is 10.9. The third kappa shape index (κ3) is 5.25. The molecule has 0 bridgehead atoms. The Morgan fingerprint density at radius 1 is 1.15 bits per heavy atom. The summed E-state index contributed by atoms with van der Waals surface area (Å²) in [6.45, 7) is 5.89. The molecule has 0 spiro atoms. The first kappa shape index (κ1) is 15.9. The molecule has 8 nitrogen and oxygen atoms in total. The summed E-state index contributed by atoms with van der Waals surface area (Å²) in [6, 6.07) is 0. The predicted octanol–water partition coefficient (Wildman–Crippen LogP) is 0.306. The minimum Gasteiger partial charge on any atom is -0.357 e. The fourth-order valence-corrected chi connectivity index (χ4v) is 1.38. The summed E-state index contributed by atoms with van der Waals surface area (Å²) in [6.07, 6.45) is 0. The second kappa shape index (κ2) is 6.36. The van der Waals surface area contributed by atoms with Crippen molar-refractivity contribution in [1.82, 2.24) is 20.3 Å². The third-order valence-electron chi connectivity index (χ3n) is 2.17. The van der Waals surface area contributed by atoms with Crippen molar-refractivity contribution in [2.45, 2.75) is 26.3 Å². The first-order valence-corrected chi connectivity index (χ1v) is 6.37. The standard InChI is InChI=1S/C12H23N7O/c1-12(2,3)18-8(20)7-14-10-15-9(13-4)16-11(17-10)19(5)6/h7H2,1-6H3,(H,18,20)(H2,13,14,15,16,17). The van der Waals surface area contributed by atoms with Gasteiger partial charge in [-0.15, -0.1) is 0 Å². The number of rotatable bonds is 5. The second-order valence-corrected chi connectivity index (χ2v) is 5.58. The molecule has 0 aliphatic rings. The summed E-state index contributed by atoms with van der Waals surface area (Å²) in [4.78, 5) is 26.1. The number of carbonyl (C=O) groups excluding carboxylic acids is 1. The largest absolute Gasteiger partial charge is 0.357 e. The highest BCUT2D eigenvalue weighted by molar-refractivity contribution is 5.80. The van der Waals surface area contributed by atoms with Crippen molar-refractivity contribution >= 4 is 23.8 Å². The van der Waals surface area contributed by atoms with Gasteiger partial charge in [-0.05, 0) is 20.8 Å². The van der Waals surface area contributed by atoms with E-state index < -0.39 is 0 Å². The van der Waals surface area contributed by atoms with Gasteiger partial charge in [-0.3, -0.25) is 4.79 Å². The van der Waals surface area contributed by atoms with Crippen molar-refractivity contribution < 1.29 is 4.79 Å². The Kier molecular flexibility index (Phi) is 5.06. The molecule has 0 radical (unpaired) electrons. The first-order chi connectivity index (χ1) is 9.21. The van der Waals surface area contributed by atoms with Crippen LogP contribution in [0.3, 0.4) is 0 Å². The Labute approximate surface area is 119 Å². The molecule has 0 saturated carbocycles. The zero-order chi connectivity index (χ0) is 15.3. The average molecular weight is 281 g/mol. The van der Waals surface area contributed by atoms with Crippen molar-refractivity contribution in [3.05, 3.63) is 0 Å². The number of hydrogen-bond donors (Lipinski definition) is 3. The van der Waals surface area contributed by atoms with Crippen molar-refractivity contribution in [2.24, 2.45) is 0 Å². The predicted molar refractivity (Wildman–Crippen MR) is 80.1 cm³/mol. The number of amides is 1. The zero-order valence-corrected chi connectivity index (χ0v) is 12.9. The highest BCUT2D eigenvalue weighted by Gasteiger charge is 2.14. The number of nitrogens with zero attached hydrogens (tertiary/aromatic N) is 4. The van der Waals surface area contributed by atoms with E-state index in [-0.39, 0.29) is 18.0 Å². The van der Waals surface area contributed by atoms with E-state index >= 15 is 0 Å². The number of aromatic nitrogens is 3.